The van der Waals surface area contributed by atoms with E-state index < -0.39 is 9.84 Å². The smallest absolute Gasteiger partial charge is 0.175 e. The average molecular weight is 602 g/mol. The van der Waals surface area contributed by atoms with E-state index in [1.165, 1.54) is 6.26 Å². The van der Waals surface area contributed by atoms with E-state index in [1.807, 2.05) is 77.5 Å². The number of hydrogen-bond donors (Lipinski definition) is 0. The molecule has 3 aromatic carbocycles. The van der Waals surface area contributed by atoms with Crippen LogP contribution in [0.4, 0.5) is 0 Å². The third-order valence-electron chi connectivity index (χ3n) is 6.69. The lowest BCUT2D eigenvalue weighted by molar-refractivity contribution is 0.112. The van der Waals surface area contributed by atoms with Crippen LogP contribution in [0.2, 0.25) is 10.0 Å². The second-order valence-corrected chi connectivity index (χ2v) is 12.6. The zero-order valence-electron chi connectivity index (χ0n) is 22.2. The Balaban J connectivity index is 1.43. The molecule has 4 aromatic rings. The number of aromatic nitrogens is 2. The van der Waals surface area contributed by atoms with Crippen molar-refractivity contribution in [2.75, 3.05) is 6.26 Å². The van der Waals surface area contributed by atoms with Gasteiger partial charge < -0.3 is 4.57 Å². The minimum Gasteiger partial charge on any atom is -0.326 e. The largest absolute Gasteiger partial charge is 0.326 e. The number of carbonyl (C=O) groups excluding carboxylic acids is 1. The predicted octanol–water partition coefficient (Wildman–Crippen LogP) is 8.16. The zero-order chi connectivity index (χ0) is 29.0. The van der Waals surface area contributed by atoms with E-state index in [9.17, 15) is 13.2 Å². The summed E-state index contributed by atoms with van der Waals surface area (Å²) in [7, 11) is -3.26. The van der Waals surface area contributed by atoms with Crippen LogP contribution in [0, 0.1) is 0 Å². The molecule has 0 saturated heterocycles. The summed E-state index contributed by atoms with van der Waals surface area (Å²) in [5, 5.41) is 1.07. The lowest BCUT2D eigenvalue weighted by Crippen LogP contribution is -2.01. The number of carbonyl (C=O) groups is 1. The number of halogens is 2. The van der Waals surface area contributed by atoms with Crippen molar-refractivity contribution in [1.82, 2.24) is 9.55 Å². The van der Waals surface area contributed by atoms with Gasteiger partial charge in [0.05, 0.1) is 15.6 Å². The number of sulfone groups is 1. The van der Waals surface area contributed by atoms with Crippen LogP contribution in [0.5, 0.6) is 0 Å². The van der Waals surface area contributed by atoms with Gasteiger partial charge >= 0.3 is 0 Å². The molecule has 0 unspecified atom stereocenters. The zero-order valence-corrected chi connectivity index (χ0v) is 24.5. The van der Waals surface area contributed by atoms with E-state index in [0.717, 1.165) is 45.6 Å². The maximum atomic E-state index is 11.9. The molecule has 0 saturated carbocycles. The number of nitrogens with zero attached hydrogens (tertiary/aromatic N) is 2. The first-order valence-corrected chi connectivity index (χ1v) is 15.5. The van der Waals surface area contributed by atoms with Crippen LogP contribution in [-0.4, -0.2) is 30.5 Å². The van der Waals surface area contributed by atoms with Gasteiger partial charge in [0.1, 0.15) is 12.1 Å². The molecule has 41 heavy (non-hydrogen) atoms. The topological polar surface area (TPSA) is 69.0 Å². The molecule has 0 bridgehead atoms. The first-order valence-electron chi connectivity index (χ1n) is 12.8. The second-order valence-electron chi connectivity index (χ2n) is 9.69. The van der Waals surface area contributed by atoms with Gasteiger partial charge in [-0.1, -0.05) is 90.0 Å². The van der Waals surface area contributed by atoms with Gasteiger partial charge in [-0.2, -0.15) is 0 Å². The molecule has 0 amide bonds. The molecule has 1 aliphatic rings. The van der Waals surface area contributed by atoms with Gasteiger partial charge in [-0.3, -0.25) is 4.79 Å². The monoisotopic (exact) mass is 600 g/mol. The summed E-state index contributed by atoms with van der Waals surface area (Å²) < 4.78 is 25.8. The van der Waals surface area contributed by atoms with Crippen molar-refractivity contribution in [3.63, 3.8) is 0 Å². The normalized spacial score (nSPS) is 13.6. The predicted molar refractivity (Wildman–Crippen MR) is 169 cm³/mol. The van der Waals surface area contributed by atoms with E-state index in [4.69, 9.17) is 28.2 Å². The van der Waals surface area contributed by atoms with Crippen molar-refractivity contribution >= 4 is 57.1 Å². The summed E-state index contributed by atoms with van der Waals surface area (Å²) >= 11 is 12.6. The molecule has 1 heterocycles. The van der Waals surface area contributed by atoms with Crippen molar-refractivity contribution in [3.8, 4) is 11.3 Å². The number of rotatable bonds is 8. The maximum Gasteiger partial charge on any atom is 0.175 e. The van der Waals surface area contributed by atoms with Crippen molar-refractivity contribution in [2.24, 2.45) is 0 Å². The quantitative estimate of drug-likeness (QED) is 0.191. The van der Waals surface area contributed by atoms with Crippen molar-refractivity contribution in [3.05, 3.63) is 140 Å². The Morgan fingerprint density at radius 3 is 2.34 bits per heavy atom. The van der Waals surface area contributed by atoms with E-state index in [0.29, 0.717) is 33.5 Å². The Hall–Kier alpha value is -3.97. The van der Waals surface area contributed by atoms with Crippen molar-refractivity contribution in [2.45, 2.75) is 13.0 Å². The molecule has 0 aliphatic heterocycles. The van der Waals surface area contributed by atoms with E-state index in [2.05, 4.69) is 0 Å². The number of hydrogen-bond acceptors (Lipinski definition) is 4. The molecule has 5 nitrogen and oxygen atoms in total. The highest BCUT2D eigenvalue weighted by molar-refractivity contribution is 7.94. The molecule has 5 rings (SSSR count). The minimum absolute atomic E-state index is 0.307. The SMILES string of the molecule is CS(=O)(=O)C1=CC=C(c2ccc(/C=C/c3nc(-c4ccc(Cl)cc4Cl)cn3Cc3ccc(C=O)cc3)cc2)CC=C1. The van der Waals surface area contributed by atoms with E-state index in [-0.39, 0.29) is 0 Å². The summed E-state index contributed by atoms with van der Waals surface area (Å²) in [5.74, 6) is 0.740. The third kappa shape index (κ3) is 7.03. The van der Waals surface area contributed by atoms with Crippen LogP contribution in [0.3, 0.4) is 0 Å². The van der Waals surface area contributed by atoms with Crippen LogP contribution in [0.1, 0.15) is 39.3 Å². The summed E-state index contributed by atoms with van der Waals surface area (Å²) in [6.45, 7) is 0.556. The Morgan fingerprint density at radius 1 is 0.927 bits per heavy atom. The van der Waals surface area contributed by atoms with Crippen LogP contribution >= 0.6 is 23.2 Å². The van der Waals surface area contributed by atoms with Crippen molar-refractivity contribution in [1.29, 1.82) is 0 Å². The Kier molecular flexibility index (Phi) is 8.54. The highest BCUT2D eigenvalue weighted by Crippen LogP contribution is 2.31. The van der Waals surface area contributed by atoms with Gasteiger partial charge in [0.2, 0.25) is 0 Å². The molecule has 0 spiro atoms. The lowest BCUT2D eigenvalue weighted by atomic mass is 10.0. The Labute approximate surface area is 249 Å². The summed E-state index contributed by atoms with van der Waals surface area (Å²) in [6, 6.07) is 20.9. The molecule has 0 atom stereocenters. The van der Waals surface area contributed by atoms with E-state index >= 15 is 0 Å². The van der Waals surface area contributed by atoms with E-state index in [1.54, 1.807) is 36.4 Å². The van der Waals surface area contributed by atoms with Gasteiger partial charge in [-0.25, -0.2) is 13.4 Å². The standard InChI is InChI=1S/C33H26Cl2N2O3S/c1-41(39,40)29-4-2-3-26(14-16-29)27-12-9-23(10-13-27)11-18-33-36-32(30-17-15-28(34)19-31(30)35)21-37(33)20-24-5-7-25(22-38)8-6-24/h2,4-19,21-22H,3,20H2,1H3/b18-11+. The number of allylic oxidation sites excluding steroid dienone is 5. The van der Waals surface area contributed by atoms with Crippen LogP contribution in [0.25, 0.3) is 29.0 Å². The first kappa shape index (κ1) is 28.6. The average Bonchev–Trinajstić information content (AvgIpc) is 3.16. The summed E-state index contributed by atoms with van der Waals surface area (Å²) in [6.07, 6.45) is 15.6. The highest BCUT2D eigenvalue weighted by Gasteiger charge is 2.13. The number of benzene rings is 3. The fourth-order valence-corrected chi connectivity index (χ4v) is 5.63. The molecule has 206 valence electrons. The highest BCUT2D eigenvalue weighted by atomic mass is 35.5. The molecule has 0 radical (unpaired) electrons. The number of imidazole rings is 1. The van der Waals surface area contributed by atoms with Crippen molar-refractivity contribution < 1.29 is 13.2 Å². The fourth-order valence-electron chi connectivity index (χ4n) is 4.46. The van der Waals surface area contributed by atoms with Crippen LogP contribution < -0.4 is 0 Å². The minimum atomic E-state index is -3.26. The Bertz CT molecular complexity index is 1830. The molecule has 0 N–H and O–H groups in total. The maximum absolute atomic E-state index is 11.9. The third-order valence-corrected chi connectivity index (χ3v) is 8.36. The lowest BCUT2D eigenvalue weighted by Gasteiger charge is -2.06. The molecular formula is C33H26Cl2N2O3S. The van der Waals surface area contributed by atoms with Crippen LogP contribution in [0.15, 0.2) is 102 Å². The van der Waals surface area contributed by atoms with Gasteiger partial charge in [-0.15, -0.1) is 0 Å². The summed E-state index contributed by atoms with van der Waals surface area (Å²) in [5.41, 5.74) is 6.21. The fraction of sp³-hybridized carbons (Fsp3) is 0.0909. The second kappa shape index (κ2) is 12.3. The summed E-state index contributed by atoms with van der Waals surface area (Å²) in [4.78, 5) is 16.2. The van der Waals surface area contributed by atoms with Gasteiger partial charge in [0, 0.05) is 35.1 Å². The molecule has 0 fully saturated rings. The van der Waals surface area contributed by atoms with Gasteiger partial charge in [0.25, 0.3) is 0 Å². The molecule has 1 aromatic heterocycles. The molecule has 1 aliphatic carbocycles. The molecular weight excluding hydrogens is 575 g/mol. The van der Waals surface area contributed by atoms with Crippen LogP contribution in [-0.2, 0) is 16.4 Å². The first-order chi connectivity index (χ1) is 19.7. The van der Waals surface area contributed by atoms with Gasteiger partial charge in [-0.05, 0) is 65.1 Å². The van der Waals surface area contributed by atoms with Gasteiger partial charge in [0.15, 0.2) is 9.84 Å². The number of aldehydes is 1. The Morgan fingerprint density at radius 2 is 1.66 bits per heavy atom. The molecule has 8 heteroatoms.